The highest BCUT2D eigenvalue weighted by atomic mass is 35.5. The van der Waals surface area contributed by atoms with E-state index in [1.165, 1.54) is 0 Å². The summed E-state index contributed by atoms with van der Waals surface area (Å²) in [5.41, 5.74) is 2.25. The molecule has 2 aliphatic rings. The predicted octanol–water partition coefficient (Wildman–Crippen LogP) is 3.08. The summed E-state index contributed by atoms with van der Waals surface area (Å²) in [5, 5.41) is 6.70. The van der Waals surface area contributed by atoms with Crippen LogP contribution in [0.1, 0.15) is 11.1 Å². The lowest BCUT2D eigenvalue weighted by molar-refractivity contribution is 0.228. The van der Waals surface area contributed by atoms with Gasteiger partial charge in [0.05, 0.1) is 42.7 Å². The monoisotopic (exact) mass is 604 g/mol. The molecular formula is C28H46Cl2N4O6. The molecule has 10 nitrogen and oxygen atoms in total. The Morgan fingerprint density at radius 1 is 0.500 bits per heavy atom. The number of benzene rings is 2. The van der Waals surface area contributed by atoms with Crippen molar-refractivity contribution in [1.82, 2.24) is 20.4 Å². The molecule has 2 aromatic carbocycles. The van der Waals surface area contributed by atoms with E-state index in [9.17, 15) is 0 Å². The third-order valence-corrected chi connectivity index (χ3v) is 6.78. The molecular weight excluding hydrogens is 559 g/mol. The number of nitrogens with zero attached hydrogens (tertiary/aromatic N) is 2. The Balaban J connectivity index is 0.000000381. The molecule has 0 saturated carbocycles. The van der Waals surface area contributed by atoms with Crippen LogP contribution in [-0.4, -0.2) is 105 Å². The normalized spacial score (nSPS) is 15.3. The number of ether oxygens (including phenoxy) is 6. The lowest BCUT2D eigenvalue weighted by Crippen LogP contribution is -2.42. The molecule has 0 unspecified atom stereocenters. The number of hydrogen-bond acceptors (Lipinski definition) is 10. The molecule has 0 aliphatic carbocycles. The number of methoxy groups -OCH3 is 6. The molecule has 0 bridgehead atoms. The van der Waals surface area contributed by atoms with Gasteiger partial charge in [-0.25, -0.2) is 0 Å². The highest BCUT2D eigenvalue weighted by molar-refractivity contribution is 5.85. The third kappa shape index (κ3) is 9.36. The number of piperazine rings is 2. The van der Waals surface area contributed by atoms with Crippen LogP contribution in [0.25, 0.3) is 0 Å². The van der Waals surface area contributed by atoms with E-state index in [1.54, 1.807) is 42.7 Å². The van der Waals surface area contributed by atoms with Gasteiger partial charge in [-0.1, -0.05) is 12.1 Å². The smallest absolute Gasteiger partial charge is 0.203 e. The molecule has 2 fully saturated rings. The van der Waals surface area contributed by atoms with Gasteiger partial charge in [-0.2, -0.15) is 0 Å². The van der Waals surface area contributed by atoms with E-state index in [1.807, 2.05) is 24.3 Å². The maximum absolute atomic E-state index is 5.50. The van der Waals surface area contributed by atoms with Crippen molar-refractivity contribution < 1.29 is 28.4 Å². The van der Waals surface area contributed by atoms with Crippen molar-refractivity contribution in [2.45, 2.75) is 13.1 Å². The summed E-state index contributed by atoms with van der Waals surface area (Å²) in [4.78, 5) is 4.81. The van der Waals surface area contributed by atoms with Gasteiger partial charge in [0.2, 0.25) is 11.5 Å². The van der Waals surface area contributed by atoms with Crippen LogP contribution in [-0.2, 0) is 13.1 Å². The molecule has 2 aromatic rings. The quantitative estimate of drug-likeness (QED) is 0.422. The van der Waals surface area contributed by atoms with Crippen LogP contribution in [0.2, 0.25) is 0 Å². The fraction of sp³-hybridized carbons (Fsp3) is 0.571. The van der Waals surface area contributed by atoms with Gasteiger partial charge in [0, 0.05) is 76.6 Å². The second-order valence-electron chi connectivity index (χ2n) is 9.04. The standard InChI is InChI=1S/2C14H22N2O3.2ClH/c2*1-17-12-5-4-11(13(18-2)14(12)19-3)10-16-8-6-15-7-9-16;;/h2*4-5,15H,6-10H2,1-3H3;2*1H. The largest absolute Gasteiger partial charge is 0.493 e. The zero-order valence-corrected chi connectivity index (χ0v) is 26.2. The van der Waals surface area contributed by atoms with E-state index in [4.69, 9.17) is 28.4 Å². The first-order chi connectivity index (χ1) is 18.6. The summed E-state index contributed by atoms with van der Waals surface area (Å²) < 4.78 is 32.4. The summed E-state index contributed by atoms with van der Waals surface area (Å²) in [7, 11) is 9.86. The van der Waals surface area contributed by atoms with Crippen molar-refractivity contribution >= 4 is 24.8 Å². The minimum Gasteiger partial charge on any atom is -0.493 e. The highest BCUT2D eigenvalue weighted by Crippen LogP contribution is 2.41. The minimum absolute atomic E-state index is 0. The molecule has 0 radical (unpaired) electrons. The fourth-order valence-electron chi connectivity index (χ4n) is 4.80. The first kappa shape index (κ1) is 35.7. The Hall–Kier alpha value is -2.34. The zero-order valence-electron chi connectivity index (χ0n) is 24.5. The topological polar surface area (TPSA) is 85.9 Å². The number of rotatable bonds is 10. The third-order valence-electron chi connectivity index (χ3n) is 6.78. The van der Waals surface area contributed by atoms with Crippen molar-refractivity contribution in [3.8, 4) is 34.5 Å². The van der Waals surface area contributed by atoms with Crippen LogP contribution in [0, 0.1) is 0 Å². The average molecular weight is 606 g/mol. The molecule has 2 saturated heterocycles. The first-order valence-electron chi connectivity index (χ1n) is 13.0. The minimum atomic E-state index is 0. The van der Waals surface area contributed by atoms with Crippen LogP contribution in [0.15, 0.2) is 24.3 Å². The first-order valence-corrected chi connectivity index (χ1v) is 13.0. The van der Waals surface area contributed by atoms with Gasteiger partial charge in [0.15, 0.2) is 23.0 Å². The van der Waals surface area contributed by atoms with Crippen LogP contribution in [0.5, 0.6) is 34.5 Å². The van der Waals surface area contributed by atoms with Crippen LogP contribution in [0.4, 0.5) is 0 Å². The average Bonchev–Trinajstić information content (AvgIpc) is 2.97. The summed E-state index contributed by atoms with van der Waals surface area (Å²) in [6, 6.07) is 7.95. The van der Waals surface area contributed by atoms with E-state index in [2.05, 4.69) is 20.4 Å². The number of halogens is 2. The molecule has 12 heteroatoms. The van der Waals surface area contributed by atoms with E-state index < -0.39 is 0 Å². The number of hydrogen-bond donors (Lipinski definition) is 2. The summed E-state index contributed by atoms with van der Waals surface area (Å²) >= 11 is 0. The molecule has 0 amide bonds. The molecule has 2 aliphatic heterocycles. The van der Waals surface area contributed by atoms with Gasteiger partial charge in [-0.3, -0.25) is 9.80 Å². The Labute approximate surface area is 251 Å². The SMILES string of the molecule is COc1ccc(CN2CCNCC2)c(OC)c1OC.COc1ccc(CN2CCNCC2)c(OC)c1OC.Cl.Cl. The van der Waals surface area contributed by atoms with Crippen LogP contribution < -0.4 is 39.1 Å². The zero-order chi connectivity index (χ0) is 27.3. The van der Waals surface area contributed by atoms with Crippen LogP contribution >= 0.6 is 24.8 Å². The lowest BCUT2D eigenvalue weighted by atomic mass is 10.1. The van der Waals surface area contributed by atoms with Gasteiger partial charge in [0.25, 0.3) is 0 Å². The lowest BCUT2D eigenvalue weighted by Gasteiger charge is -2.28. The summed E-state index contributed by atoms with van der Waals surface area (Å²) in [5.74, 6) is 4.25. The van der Waals surface area contributed by atoms with E-state index in [0.717, 1.165) is 88.1 Å². The van der Waals surface area contributed by atoms with Crippen LogP contribution in [0.3, 0.4) is 0 Å². The van der Waals surface area contributed by atoms with Gasteiger partial charge >= 0.3 is 0 Å². The Kier molecular flexibility index (Phi) is 16.9. The second kappa shape index (κ2) is 18.9. The van der Waals surface area contributed by atoms with Crippen molar-refractivity contribution in [2.75, 3.05) is 95.0 Å². The maximum atomic E-state index is 5.50. The van der Waals surface area contributed by atoms with Crippen molar-refractivity contribution in [1.29, 1.82) is 0 Å². The predicted molar refractivity (Wildman–Crippen MR) is 163 cm³/mol. The van der Waals surface area contributed by atoms with Gasteiger partial charge in [0.1, 0.15) is 0 Å². The second-order valence-corrected chi connectivity index (χ2v) is 9.04. The highest BCUT2D eigenvalue weighted by Gasteiger charge is 2.20. The van der Waals surface area contributed by atoms with Crippen molar-refractivity contribution in [2.24, 2.45) is 0 Å². The molecule has 0 aromatic heterocycles. The summed E-state index contributed by atoms with van der Waals surface area (Å²) in [6.07, 6.45) is 0. The van der Waals surface area contributed by atoms with Crippen molar-refractivity contribution in [3.63, 3.8) is 0 Å². The maximum Gasteiger partial charge on any atom is 0.203 e. The van der Waals surface area contributed by atoms with E-state index >= 15 is 0 Å². The Bertz CT molecular complexity index is 926. The molecule has 0 spiro atoms. The van der Waals surface area contributed by atoms with Gasteiger partial charge in [-0.15, -0.1) is 24.8 Å². The Morgan fingerprint density at radius 3 is 1.10 bits per heavy atom. The molecule has 228 valence electrons. The molecule has 40 heavy (non-hydrogen) atoms. The Morgan fingerprint density at radius 2 is 0.825 bits per heavy atom. The van der Waals surface area contributed by atoms with Gasteiger partial charge < -0.3 is 39.1 Å². The fourth-order valence-corrected chi connectivity index (χ4v) is 4.80. The summed E-state index contributed by atoms with van der Waals surface area (Å²) in [6.45, 7) is 10.1. The number of nitrogens with one attached hydrogen (secondary N) is 2. The molecule has 2 heterocycles. The molecule has 0 atom stereocenters. The van der Waals surface area contributed by atoms with Gasteiger partial charge in [-0.05, 0) is 12.1 Å². The van der Waals surface area contributed by atoms with E-state index in [0.29, 0.717) is 23.0 Å². The van der Waals surface area contributed by atoms with Crippen molar-refractivity contribution in [3.05, 3.63) is 35.4 Å². The molecule has 4 rings (SSSR count). The van der Waals surface area contributed by atoms with E-state index in [-0.39, 0.29) is 24.8 Å². The molecule has 2 N–H and O–H groups in total.